The maximum atomic E-state index is 12.1. The van der Waals surface area contributed by atoms with Crippen LogP contribution >= 0.6 is 0 Å². The molecule has 3 fully saturated rings. The van der Waals surface area contributed by atoms with Gasteiger partial charge in [0, 0.05) is 26.7 Å². The first-order chi connectivity index (χ1) is 12.0. The summed E-state index contributed by atoms with van der Waals surface area (Å²) in [6.45, 7) is 4.52. The third-order valence-corrected chi connectivity index (χ3v) is 6.21. The molecule has 7 heteroatoms. The van der Waals surface area contributed by atoms with Gasteiger partial charge in [-0.25, -0.2) is 4.79 Å². The Morgan fingerprint density at radius 2 is 1.92 bits per heavy atom. The topological polar surface area (TPSA) is 85.8 Å². The largest absolute Gasteiger partial charge is 0.356 e. The molecule has 2 saturated heterocycles. The van der Waals surface area contributed by atoms with Crippen LogP contribution in [0, 0.1) is 11.8 Å². The first-order valence-electron chi connectivity index (χ1n) is 9.62. The highest BCUT2D eigenvalue weighted by atomic mass is 16.2. The van der Waals surface area contributed by atoms with Crippen molar-refractivity contribution >= 4 is 17.9 Å². The van der Waals surface area contributed by atoms with E-state index in [1.54, 1.807) is 0 Å². The Morgan fingerprint density at radius 3 is 2.48 bits per heavy atom. The van der Waals surface area contributed by atoms with Crippen molar-refractivity contribution in [2.75, 3.05) is 26.7 Å². The Labute approximate surface area is 150 Å². The van der Waals surface area contributed by atoms with E-state index in [9.17, 15) is 9.59 Å². The molecule has 0 radical (unpaired) electrons. The maximum absolute atomic E-state index is 12.1. The number of urea groups is 1. The van der Waals surface area contributed by atoms with Crippen molar-refractivity contribution in [2.45, 2.75) is 57.4 Å². The summed E-state index contributed by atoms with van der Waals surface area (Å²) in [7, 11) is 1.83. The molecular formula is C18H31N5O2. The Hall–Kier alpha value is -1.79. The molecule has 2 aliphatic heterocycles. The van der Waals surface area contributed by atoms with Crippen molar-refractivity contribution in [1.82, 2.24) is 20.9 Å². The number of piperidine rings is 1. The lowest BCUT2D eigenvalue weighted by Gasteiger charge is -2.39. The van der Waals surface area contributed by atoms with Crippen LogP contribution in [0.1, 0.15) is 51.9 Å². The summed E-state index contributed by atoms with van der Waals surface area (Å²) in [6, 6.07) is -0.376. The number of guanidine groups is 1. The van der Waals surface area contributed by atoms with E-state index in [0.717, 1.165) is 44.4 Å². The van der Waals surface area contributed by atoms with E-state index in [1.807, 2.05) is 14.0 Å². The van der Waals surface area contributed by atoms with Crippen LogP contribution in [0.25, 0.3) is 0 Å². The van der Waals surface area contributed by atoms with E-state index >= 15 is 0 Å². The molecule has 1 unspecified atom stereocenters. The lowest BCUT2D eigenvalue weighted by atomic mass is 9.79. The average molecular weight is 349 g/mol. The van der Waals surface area contributed by atoms with E-state index in [-0.39, 0.29) is 17.9 Å². The molecule has 0 aromatic rings. The fourth-order valence-corrected chi connectivity index (χ4v) is 4.53. The highest BCUT2D eigenvalue weighted by Gasteiger charge is 2.48. The zero-order chi connectivity index (χ0) is 17.9. The Bertz CT molecular complexity index is 536. The summed E-state index contributed by atoms with van der Waals surface area (Å²) >= 11 is 0. The van der Waals surface area contributed by atoms with Crippen LogP contribution in [-0.2, 0) is 4.79 Å². The summed E-state index contributed by atoms with van der Waals surface area (Å²) in [5.74, 6) is 1.80. The molecule has 2 heterocycles. The lowest BCUT2D eigenvalue weighted by Crippen LogP contribution is -2.55. The van der Waals surface area contributed by atoms with Crippen LogP contribution in [0.4, 0.5) is 4.79 Å². The van der Waals surface area contributed by atoms with Crippen molar-refractivity contribution in [1.29, 1.82) is 0 Å². The van der Waals surface area contributed by atoms with Crippen LogP contribution < -0.4 is 16.0 Å². The van der Waals surface area contributed by atoms with Gasteiger partial charge in [-0.1, -0.05) is 25.7 Å². The number of imide groups is 1. The molecule has 0 spiro atoms. The normalized spacial score (nSPS) is 29.0. The van der Waals surface area contributed by atoms with E-state index in [1.165, 1.54) is 32.1 Å². The quantitative estimate of drug-likeness (QED) is 0.407. The van der Waals surface area contributed by atoms with E-state index in [2.05, 4.69) is 25.8 Å². The van der Waals surface area contributed by atoms with E-state index in [4.69, 9.17) is 0 Å². The molecule has 25 heavy (non-hydrogen) atoms. The first-order valence-corrected chi connectivity index (χ1v) is 9.62. The van der Waals surface area contributed by atoms with Gasteiger partial charge in [-0.15, -0.1) is 0 Å². The summed E-state index contributed by atoms with van der Waals surface area (Å²) in [6.07, 6.45) is 8.47. The predicted molar refractivity (Wildman–Crippen MR) is 97.3 cm³/mol. The fraction of sp³-hybridized carbons (Fsp3) is 0.833. The van der Waals surface area contributed by atoms with Crippen LogP contribution in [0.3, 0.4) is 0 Å². The second-order valence-electron chi connectivity index (χ2n) is 7.79. The third-order valence-electron chi connectivity index (χ3n) is 6.21. The van der Waals surface area contributed by atoms with Gasteiger partial charge < -0.3 is 15.5 Å². The molecule has 140 valence electrons. The molecule has 0 aromatic heterocycles. The number of hydrogen-bond donors (Lipinski definition) is 3. The minimum absolute atomic E-state index is 0.159. The summed E-state index contributed by atoms with van der Waals surface area (Å²) in [5, 5.41) is 8.68. The van der Waals surface area contributed by atoms with Gasteiger partial charge >= 0.3 is 6.03 Å². The SMILES string of the molecule is CN=C(NCCC1CCCC1)N1CCC(C2(C)NC(=O)NC2=O)CC1. The highest BCUT2D eigenvalue weighted by molar-refractivity contribution is 6.07. The number of carbonyl (C=O) groups excluding carboxylic acids is 2. The van der Waals surface area contributed by atoms with Crippen molar-refractivity contribution < 1.29 is 9.59 Å². The monoisotopic (exact) mass is 349 g/mol. The van der Waals surface area contributed by atoms with Crippen LogP contribution in [0.15, 0.2) is 4.99 Å². The summed E-state index contributed by atoms with van der Waals surface area (Å²) in [4.78, 5) is 30.3. The molecule has 1 saturated carbocycles. The van der Waals surface area contributed by atoms with Crippen molar-refractivity contribution in [3.63, 3.8) is 0 Å². The van der Waals surface area contributed by atoms with Gasteiger partial charge in [0.05, 0.1) is 0 Å². The average Bonchev–Trinajstić information content (AvgIpc) is 3.20. The van der Waals surface area contributed by atoms with Crippen molar-refractivity contribution in [2.24, 2.45) is 16.8 Å². The van der Waals surface area contributed by atoms with Gasteiger partial charge in [0.25, 0.3) is 5.91 Å². The predicted octanol–water partition coefficient (Wildman–Crippen LogP) is 1.45. The molecular weight excluding hydrogens is 318 g/mol. The number of nitrogens with one attached hydrogen (secondary N) is 3. The Morgan fingerprint density at radius 1 is 1.24 bits per heavy atom. The number of aliphatic imine (C=N–C) groups is 1. The van der Waals surface area contributed by atoms with Crippen LogP contribution in [-0.4, -0.2) is 55.0 Å². The zero-order valence-electron chi connectivity index (χ0n) is 15.4. The molecule has 3 rings (SSSR count). The van der Waals surface area contributed by atoms with Gasteiger partial charge in [0.1, 0.15) is 5.54 Å². The van der Waals surface area contributed by atoms with Gasteiger partial charge in [0.2, 0.25) is 0 Å². The molecule has 7 nitrogen and oxygen atoms in total. The number of rotatable bonds is 4. The second-order valence-corrected chi connectivity index (χ2v) is 7.79. The zero-order valence-corrected chi connectivity index (χ0v) is 15.4. The minimum Gasteiger partial charge on any atom is -0.356 e. The Balaban J connectivity index is 1.47. The number of amides is 3. The van der Waals surface area contributed by atoms with Crippen molar-refractivity contribution in [3.8, 4) is 0 Å². The smallest absolute Gasteiger partial charge is 0.322 e. The van der Waals surface area contributed by atoms with Crippen LogP contribution in [0.5, 0.6) is 0 Å². The van der Waals surface area contributed by atoms with Crippen LogP contribution in [0.2, 0.25) is 0 Å². The van der Waals surface area contributed by atoms with Gasteiger partial charge in [-0.3, -0.25) is 15.1 Å². The number of nitrogens with zero attached hydrogens (tertiary/aromatic N) is 2. The fourth-order valence-electron chi connectivity index (χ4n) is 4.53. The number of hydrogen-bond acceptors (Lipinski definition) is 3. The molecule has 1 aliphatic carbocycles. The van der Waals surface area contributed by atoms with Crippen molar-refractivity contribution in [3.05, 3.63) is 0 Å². The molecule has 0 bridgehead atoms. The van der Waals surface area contributed by atoms with Gasteiger partial charge in [-0.2, -0.15) is 0 Å². The van der Waals surface area contributed by atoms with E-state index < -0.39 is 5.54 Å². The third kappa shape index (κ3) is 3.90. The molecule has 3 N–H and O–H groups in total. The Kier molecular flexibility index (Phi) is 5.49. The van der Waals surface area contributed by atoms with Gasteiger partial charge in [-0.05, 0) is 38.0 Å². The molecule has 3 amide bonds. The standard InChI is InChI=1S/C18H31N5O2/c1-18(15(24)21-17(25)22-18)14-8-11-23(12-9-14)16(19-2)20-10-7-13-5-3-4-6-13/h13-14H,3-12H2,1-2H3,(H,19,20)(H2,21,22,24,25). The van der Waals surface area contributed by atoms with Gasteiger partial charge in [0.15, 0.2) is 5.96 Å². The highest BCUT2D eigenvalue weighted by Crippen LogP contribution is 2.31. The second kappa shape index (κ2) is 7.62. The molecule has 0 aromatic carbocycles. The summed E-state index contributed by atoms with van der Waals surface area (Å²) < 4.78 is 0. The maximum Gasteiger partial charge on any atom is 0.322 e. The number of likely N-dealkylation sites (tertiary alicyclic amines) is 1. The molecule has 1 atom stereocenters. The minimum atomic E-state index is -0.775. The lowest BCUT2D eigenvalue weighted by molar-refractivity contribution is -0.125. The van der Waals surface area contributed by atoms with E-state index in [0.29, 0.717) is 0 Å². The molecule has 3 aliphatic rings. The summed E-state index contributed by atoms with van der Waals surface area (Å²) in [5.41, 5.74) is -0.775. The number of carbonyl (C=O) groups is 2. The first kappa shape index (κ1) is 18.0.